The van der Waals surface area contributed by atoms with Gasteiger partial charge in [-0.2, -0.15) is 0 Å². The van der Waals surface area contributed by atoms with Crippen molar-refractivity contribution in [3.8, 4) is 0 Å². The van der Waals surface area contributed by atoms with Gasteiger partial charge >= 0.3 is 0 Å². The lowest BCUT2D eigenvalue weighted by molar-refractivity contribution is -0.135. The lowest BCUT2D eigenvalue weighted by Crippen LogP contribution is -2.53. The Balaban J connectivity index is 1.49. The van der Waals surface area contributed by atoms with Crippen LogP contribution >= 0.6 is 0 Å². The first-order chi connectivity index (χ1) is 11.5. The average Bonchev–Trinajstić information content (AvgIpc) is 2.94. The molecule has 2 aliphatic rings. The van der Waals surface area contributed by atoms with Crippen molar-refractivity contribution in [1.82, 2.24) is 15.5 Å². The van der Waals surface area contributed by atoms with Gasteiger partial charge in [-0.05, 0) is 52.1 Å². The summed E-state index contributed by atoms with van der Waals surface area (Å²) in [5, 5.41) is 6.39. The number of amides is 2. The maximum Gasteiger partial charge on any atom is 0.255 e. The molecule has 0 aromatic carbocycles. The zero-order chi connectivity index (χ0) is 17.1. The molecule has 2 N–H and O–H groups in total. The van der Waals surface area contributed by atoms with Gasteiger partial charge in [-0.1, -0.05) is 6.42 Å². The van der Waals surface area contributed by atoms with Crippen LogP contribution in [0.25, 0.3) is 0 Å². The number of rotatable bonds is 3. The Bertz CT molecular complexity index is 597. The van der Waals surface area contributed by atoms with E-state index >= 15 is 0 Å². The molecule has 3 heterocycles. The largest absolute Gasteiger partial charge is 0.466 e. The van der Waals surface area contributed by atoms with Crippen molar-refractivity contribution in [2.75, 3.05) is 19.6 Å². The molecule has 6 heteroatoms. The smallest absolute Gasteiger partial charge is 0.255 e. The molecule has 132 valence electrons. The van der Waals surface area contributed by atoms with Crippen LogP contribution in [0.3, 0.4) is 0 Å². The van der Waals surface area contributed by atoms with Crippen LogP contribution < -0.4 is 10.6 Å². The molecule has 1 unspecified atom stereocenters. The van der Waals surface area contributed by atoms with Gasteiger partial charge in [0.05, 0.1) is 11.6 Å². The highest BCUT2D eigenvalue weighted by Crippen LogP contribution is 2.17. The normalized spacial score (nSPS) is 22.4. The fourth-order valence-corrected chi connectivity index (χ4v) is 3.65. The highest BCUT2D eigenvalue weighted by atomic mass is 16.3. The summed E-state index contributed by atoms with van der Waals surface area (Å²) in [5.41, 5.74) is 0.609. The van der Waals surface area contributed by atoms with Crippen LogP contribution in [0, 0.1) is 13.8 Å². The van der Waals surface area contributed by atoms with E-state index in [1.54, 1.807) is 13.0 Å². The van der Waals surface area contributed by atoms with Crippen molar-refractivity contribution in [1.29, 1.82) is 0 Å². The molecule has 0 saturated carbocycles. The molecule has 0 radical (unpaired) electrons. The first kappa shape index (κ1) is 17.0. The topological polar surface area (TPSA) is 74.6 Å². The number of piperidine rings is 2. The average molecular weight is 333 g/mol. The third-order valence-electron chi connectivity index (χ3n) is 5.04. The van der Waals surface area contributed by atoms with Crippen LogP contribution in [0.1, 0.15) is 54.0 Å². The number of carbonyl (C=O) groups is 2. The molecule has 0 bridgehead atoms. The minimum absolute atomic E-state index is 0.0125. The molecule has 2 saturated heterocycles. The second kappa shape index (κ2) is 7.38. The van der Waals surface area contributed by atoms with E-state index in [0.717, 1.165) is 44.4 Å². The van der Waals surface area contributed by atoms with Crippen LogP contribution in [0.2, 0.25) is 0 Å². The molecule has 6 nitrogen and oxygen atoms in total. The zero-order valence-corrected chi connectivity index (χ0v) is 14.6. The summed E-state index contributed by atoms with van der Waals surface area (Å²) >= 11 is 0. The van der Waals surface area contributed by atoms with Gasteiger partial charge in [0.25, 0.3) is 5.91 Å². The Morgan fingerprint density at radius 3 is 2.54 bits per heavy atom. The predicted molar refractivity (Wildman–Crippen MR) is 90.9 cm³/mol. The van der Waals surface area contributed by atoms with E-state index in [4.69, 9.17) is 4.42 Å². The number of nitrogens with zero attached hydrogens (tertiary/aromatic N) is 1. The van der Waals surface area contributed by atoms with Gasteiger partial charge in [0.1, 0.15) is 11.5 Å². The lowest BCUT2D eigenvalue weighted by Gasteiger charge is -2.35. The highest BCUT2D eigenvalue weighted by Gasteiger charge is 2.29. The molecule has 2 amide bonds. The zero-order valence-electron chi connectivity index (χ0n) is 14.6. The number of hydrogen-bond acceptors (Lipinski definition) is 4. The van der Waals surface area contributed by atoms with Gasteiger partial charge in [0.2, 0.25) is 5.91 Å². The predicted octanol–water partition coefficient (Wildman–Crippen LogP) is 1.76. The van der Waals surface area contributed by atoms with Crippen LogP contribution in [0.4, 0.5) is 0 Å². The van der Waals surface area contributed by atoms with Gasteiger partial charge in [0, 0.05) is 19.1 Å². The Labute approximate surface area is 143 Å². The van der Waals surface area contributed by atoms with Gasteiger partial charge in [-0.3, -0.25) is 9.59 Å². The Kier molecular flexibility index (Phi) is 5.23. The second-order valence-corrected chi connectivity index (χ2v) is 6.90. The van der Waals surface area contributed by atoms with E-state index < -0.39 is 0 Å². The summed E-state index contributed by atoms with van der Waals surface area (Å²) in [5.74, 6) is 1.54. The van der Waals surface area contributed by atoms with Crippen LogP contribution in [0.5, 0.6) is 0 Å². The minimum Gasteiger partial charge on any atom is -0.466 e. The molecule has 0 spiro atoms. The summed E-state index contributed by atoms with van der Waals surface area (Å²) < 4.78 is 5.42. The first-order valence-electron chi connectivity index (χ1n) is 8.94. The molecule has 24 heavy (non-hydrogen) atoms. The third-order valence-corrected chi connectivity index (χ3v) is 5.04. The number of carbonyl (C=O) groups excluding carboxylic acids is 2. The molecule has 1 atom stereocenters. The third kappa shape index (κ3) is 3.80. The number of furan rings is 1. The molecule has 0 aliphatic carbocycles. The molecule has 1 aromatic rings. The minimum atomic E-state index is -0.0805. The van der Waals surface area contributed by atoms with Crippen molar-refractivity contribution in [3.63, 3.8) is 0 Å². The molecule has 2 fully saturated rings. The van der Waals surface area contributed by atoms with Gasteiger partial charge in [0.15, 0.2) is 0 Å². The number of likely N-dealkylation sites (tertiary alicyclic amines) is 1. The molecular weight excluding hydrogens is 306 g/mol. The van der Waals surface area contributed by atoms with Gasteiger partial charge < -0.3 is 20.0 Å². The van der Waals surface area contributed by atoms with E-state index in [2.05, 4.69) is 10.6 Å². The fourth-order valence-electron chi connectivity index (χ4n) is 3.65. The molecule has 1 aromatic heterocycles. The maximum absolute atomic E-state index is 12.5. The SMILES string of the molecule is Cc1cc(C(=O)NC2CCN(C(=O)C3CCCCN3)CC2)c(C)o1. The van der Waals surface area contributed by atoms with Crippen molar-refractivity contribution >= 4 is 11.8 Å². The van der Waals surface area contributed by atoms with Crippen molar-refractivity contribution < 1.29 is 14.0 Å². The molecular formula is C18H27N3O3. The van der Waals surface area contributed by atoms with E-state index in [9.17, 15) is 9.59 Å². The summed E-state index contributed by atoms with van der Waals surface area (Å²) in [6, 6.07) is 1.88. The Morgan fingerprint density at radius 2 is 1.96 bits per heavy atom. The standard InChI is InChI=1S/C18H27N3O3/c1-12-11-15(13(2)24-12)17(22)20-14-6-9-21(10-7-14)18(23)16-5-3-4-8-19-16/h11,14,16,19H,3-10H2,1-2H3,(H,20,22). The molecule has 3 rings (SSSR count). The lowest BCUT2D eigenvalue weighted by atomic mass is 10.00. The second-order valence-electron chi connectivity index (χ2n) is 6.90. The number of aryl methyl sites for hydroxylation is 2. The quantitative estimate of drug-likeness (QED) is 0.884. The fraction of sp³-hybridized carbons (Fsp3) is 0.667. The Morgan fingerprint density at radius 1 is 1.21 bits per heavy atom. The van der Waals surface area contributed by atoms with Crippen LogP contribution in [-0.4, -0.2) is 48.4 Å². The van der Waals surface area contributed by atoms with Crippen LogP contribution in [-0.2, 0) is 4.79 Å². The summed E-state index contributed by atoms with van der Waals surface area (Å²) in [4.78, 5) is 26.8. The first-order valence-corrected chi connectivity index (χ1v) is 8.94. The van der Waals surface area contributed by atoms with Crippen LogP contribution in [0.15, 0.2) is 10.5 Å². The summed E-state index contributed by atoms with van der Waals surface area (Å²) in [6.07, 6.45) is 4.83. The van der Waals surface area contributed by atoms with Crippen molar-refractivity contribution in [2.45, 2.75) is 58.0 Å². The monoisotopic (exact) mass is 333 g/mol. The number of hydrogen-bond donors (Lipinski definition) is 2. The van der Waals surface area contributed by atoms with E-state index in [1.165, 1.54) is 0 Å². The summed E-state index contributed by atoms with van der Waals surface area (Å²) in [7, 11) is 0. The summed E-state index contributed by atoms with van der Waals surface area (Å²) in [6.45, 7) is 6.01. The maximum atomic E-state index is 12.5. The van der Waals surface area contributed by atoms with E-state index in [1.807, 2.05) is 11.8 Å². The molecule has 2 aliphatic heterocycles. The number of nitrogens with one attached hydrogen (secondary N) is 2. The van der Waals surface area contributed by atoms with Gasteiger partial charge in [-0.15, -0.1) is 0 Å². The van der Waals surface area contributed by atoms with E-state index in [0.29, 0.717) is 24.4 Å². The van der Waals surface area contributed by atoms with Crippen molar-refractivity contribution in [3.05, 3.63) is 23.2 Å². The van der Waals surface area contributed by atoms with Crippen molar-refractivity contribution in [2.24, 2.45) is 0 Å². The van der Waals surface area contributed by atoms with E-state index in [-0.39, 0.29) is 23.9 Å². The highest BCUT2D eigenvalue weighted by molar-refractivity contribution is 5.95. The van der Waals surface area contributed by atoms with Gasteiger partial charge in [-0.25, -0.2) is 0 Å². The Hall–Kier alpha value is -1.82.